The molecule has 0 bridgehead atoms. The maximum absolute atomic E-state index is 5.04. The molecule has 0 unspecified atom stereocenters. The van der Waals surface area contributed by atoms with Crippen LogP contribution >= 0.6 is 11.8 Å². The average Bonchev–Trinajstić information content (AvgIpc) is 2.75. The molecule has 0 saturated heterocycles. The maximum atomic E-state index is 5.04. The number of methoxy groups -OCH3 is 1. The smallest absolute Gasteiger partial charge is 0.0987 e. The summed E-state index contributed by atoms with van der Waals surface area (Å²) >= 11 is 1.75. The molecule has 0 radical (unpaired) electrons. The van der Waals surface area contributed by atoms with Gasteiger partial charge < -0.3 is 10.1 Å². The lowest BCUT2D eigenvalue weighted by atomic mass is 10.2. The fraction of sp³-hybridized carbons (Fsp3) is 0.400. The lowest BCUT2D eigenvalue weighted by Crippen LogP contribution is -2.18. The third-order valence-corrected chi connectivity index (χ3v) is 4.15. The molecule has 5 heteroatoms. The summed E-state index contributed by atoms with van der Waals surface area (Å²) in [4.78, 5) is 1.26. The second-order valence-electron chi connectivity index (χ2n) is 4.63. The van der Waals surface area contributed by atoms with Crippen LogP contribution in [-0.4, -0.2) is 30.0 Å². The Balaban J connectivity index is 2.05. The summed E-state index contributed by atoms with van der Waals surface area (Å²) in [6, 6.07) is 10.6. The Hall–Kier alpha value is -1.30. The molecule has 20 heavy (non-hydrogen) atoms. The molecule has 0 spiro atoms. The van der Waals surface area contributed by atoms with E-state index in [2.05, 4.69) is 40.7 Å². The molecule has 0 aliphatic heterocycles. The number of rotatable bonds is 7. The van der Waals surface area contributed by atoms with Crippen LogP contribution in [0.4, 0.5) is 0 Å². The Morgan fingerprint density at radius 1 is 1.35 bits per heavy atom. The SMILES string of the molecule is COCCNCc1ccccc1Sc1cc(C)nn1C. The third kappa shape index (κ3) is 4.10. The molecule has 0 atom stereocenters. The highest BCUT2D eigenvalue weighted by molar-refractivity contribution is 7.99. The molecular formula is C15H21N3OS. The van der Waals surface area contributed by atoms with E-state index in [1.807, 2.05) is 18.7 Å². The molecule has 0 saturated carbocycles. The summed E-state index contributed by atoms with van der Waals surface area (Å²) in [5.74, 6) is 0. The van der Waals surface area contributed by atoms with Gasteiger partial charge in [0.1, 0.15) is 0 Å². The Labute approximate surface area is 124 Å². The fourth-order valence-electron chi connectivity index (χ4n) is 1.94. The van der Waals surface area contributed by atoms with E-state index in [9.17, 15) is 0 Å². The van der Waals surface area contributed by atoms with Crippen LogP contribution in [0.25, 0.3) is 0 Å². The molecule has 0 aliphatic carbocycles. The zero-order valence-electron chi connectivity index (χ0n) is 12.2. The maximum Gasteiger partial charge on any atom is 0.0987 e. The lowest BCUT2D eigenvalue weighted by molar-refractivity contribution is 0.199. The summed E-state index contributed by atoms with van der Waals surface area (Å²) in [5.41, 5.74) is 2.35. The summed E-state index contributed by atoms with van der Waals surface area (Å²) in [7, 11) is 3.70. The molecule has 0 fully saturated rings. The van der Waals surface area contributed by atoms with Crippen molar-refractivity contribution in [1.82, 2.24) is 15.1 Å². The minimum absolute atomic E-state index is 0.732. The normalized spacial score (nSPS) is 10.9. The van der Waals surface area contributed by atoms with Crippen LogP contribution in [-0.2, 0) is 18.3 Å². The minimum Gasteiger partial charge on any atom is -0.383 e. The largest absolute Gasteiger partial charge is 0.383 e. The summed E-state index contributed by atoms with van der Waals surface area (Å²) in [5, 5.41) is 8.93. The summed E-state index contributed by atoms with van der Waals surface area (Å²) in [6.07, 6.45) is 0. The van der Waals surface area contributed by atoms with E-state index in [0.717, 1.165) is 30.4 Å². The van der Waals surface area contributed by atoms with Gasteiger partial charge in [-0.15, -0.1) is 0 Å². The Morgan fingerprint density at radius 3 is 2.85 bits per heavy atom. The van der Waals surface area contributed by atoms with Gasteiger partial charge in [-0.25, -0.2) is 0 Å². The van der Waals surface area contributed by atoms with Gasteiger partial charge in [0.2, 0.25) is 0 Å². The quantitative estimate of drug-likeness (QED) is 0.796. The summed E-state index contributed by atoms with van der Waals surface area (Å²) in [6.45, 7) is 4.46. The zero-order valence-corrected chi connectivity index (χ0v) is 13.0. The molecule has 0 aliphatic rings. The first-order chi connectivity index (χ1) is 9.70. The van der Waals surface area contributed by atoms with Gasteiger partial charge in [0.15, 0.2) is 0 Å². The summed E-state index contributed by atoms with van der Waals surface area (Å²) < 4.78 is 6.97. The van der Waals surface area contributed by atoms with Gasteiger partial charge in [0, 0.05) is 32.1 Å². The molecular weight excluding hydrogens is 270 g/mol. The van der Waals surface area contributed by atoms with Crippen molar-refractivity contribution in [3.8, 4) is 0 Å². The van der Waals surface area contributed by atoms with Crippen molar-refractivity contribution >= 4 is 11.8 Å². The van der Waals surface area contributed by atoms with Gasteiger partial charge in [-0.1, -0.05) is 30.0 Å². The van der Waals surface area contributed by atoms with Crippen LogP contribution in [0.1, 0.15) is 11.3 Å². The van der Waals surface area contributed by atoms with Gasteiger partial charge in [-0.3, -0.25) is 4.68 Å². The first kappa shape index (κ1) is 15.1. The van der Waals surface area contributed by atoms with Gasteiger partial charge in [0.05, 0.1) is 17.3 Å². The number of nitrogens with one attached hydrogen (secondary N) is 1. The van der Waals surface area contributed by atoms with E-state index in [1.54, 1.807) is 18.9 Å². The van der Waals surface area contributed by atoms with E-state index in [0.29, 0.717) is 0 Å². The number of hydrogen-bond acceptors (Lipinski definition) is 4. The number of ether oxygens (including phenoxy) is 1. The molecule has 1 N–H and O–H groups in total. The zero-order chi connectivity index (χ0) is 14.4. The van der Waals surface area contributed by atoms with E-state index in [-0.39, 0.29) is 0 Å². The average molecular weight is 291 g/mol. The molecule has 1 heterocycles. The molecule has 4 nitrogen and oxygen atoms in total. The predicted octanol–water partition coefficient (Wildman–Crippen LogP) is 2.62. The standard InChI is InChI=1S/C15H21N3OS/c1-12-10-15(18(2)17-12)20-14-7-5-4-6-13(14)11-16-8-9-19-3/h4-7,10,16H,8-9,11H2,1-3H3. The highest BCUT2D eigenvalue weighted by atomic mass is 32.2. The second kappa shape index (κ2) is 7.47. The first-order valence-corrected chi connectivity index (χ1v) is 7.48. The van der Waals surface area contributed by atoms with Gasteiger partial charge in [-0.2, -0.15) is 5.10 Å². The number of hydrogen-bond donors (Lipinski definition) is 1. The van der Waals surface area contributed by atoms with Crippen LogP contribution in [0.2, 0.25) is 0 Å². The monoisotopic (exact) mass is 291 g/mol. The first-order valence-electron chi connectivity index (χ1n) is 6.66. The highest BCUT2D eigenvalue weighted by Gasteiger charge is 2.07. The van der Waals surface area contributed by atoms with Crippen molar-refractivity contribution < 1.29 is 4.74 Å². The van der Waals surface area contributed by atoms with Crippen molar-refractivity contribution in [1.29, 1.82) is 0 Å². The van der Waals surface area contributed by atoms with Gasteiger partial charge >= 0.3 is 0 Å². The van der Waals surface area contributed by atoms with E-state index in [4.69, 9.17) is 4.74 Å². The topological polar surface area (TPSA) is 39.1 Å². The van der Waals surface area contributed by atoms with Gasteiger partial charge in [-0.05, 0) is 24.6 Å². The fourth-order valence-corrected chi connectivity index (χ4v) is 2.99. The van der Waals surface area contributed by atoms with Crippen molar-refractivity contribution in [2.45, 2.75) is 23.4 Å². The lowest BCUT2D eigenvalue weighted by Gasteiger charge is -2.10. The van der Waals surface area contributed by atoms with Crippen molar-refractivity contribution in [2.24, 2.45) is 7.05 Å². The van der Waals surface area contributed by atoms with Crippen LogP contribution in [0.5, 0.6) is 0 Å². The molecule has 0 amide bonds. The Kier molecular flexibility index (Phi) is 5.64. The second-order valence-corrected chi connectivity index (χ2v) is 5.69. The van der Waals surface area contributed by atoms with Gasteiger partial charge in [0.25, 0.3) is 0 Å². The van der Waals surface area contributed by atoms with Crippen LogP contribution in [0.3, 0.4) is 0 Å². The van der Waals surface area contributed by atoms with Crippen LogP contribution < -0.4 is 5.32 Å². The predicted molar refractivity (Wildman–Crippen MR) is 82.1 cm³/mol. The molecule has 2 aromatic rings. The highest BCUT2D eigenvalue weighted by Crippen LogP contribution is 2.30. The number of nitrogens with zero attached hydrogens (tertiary/aromatic N) is 2. The number of benzene rings is 1. The van der Waals surface area contributed by atoms with Crippen LogP contribution in [0.15, 0.2) is 40.3 Å². The van der Waals surface area contributed by atoms with Crippen molar-refractivity contribution in [2.75, 3.05) is 20.3 Å². The Bertz CT molecular complexity index is 554. The molecule has 1 aromatic heterocycles. The minimum atomic E-state index is 0.732. The third-order valence-electron chi connectivity index (χ3n) is 2.94. The molecule has 1 aromatic carbocycles. The van der Waals surface area contributed by atoms with E-state index in [1.165, 1.54) is 10.5 Å². The number of aromatic nitrogens is 2. The number of aryl methyl sites for hydroxylation is 2. The molecule has 2 rings (SSSR count). The van der Waals surface area contributed by atoms with Crippen molar-refractivity contribution in [3.05, 3.63) is 41.6 Å². The van der Waals surface area contributed by atoms with Crippen LogP contribution in [0, 0.1) is 6.92 Å². The van der Waals surface area contributed by atoms with E-state index < -0.39 is 0 Å². The van der Waals surface area contributed by atoms with E-state index >= 15 is 0 Å². The van der Waals surface area contributed by atoms with Crippen molar-refractivity contribution in [3.63, 3.8) is 0 Å². The Morgan fingerprint density at radius 2 is 2.15 bits per heavy atom. The molecule has 108 valence electrons.